The summed E-state index contributed by atoms with van der Waals surface area (Å²) in [5.41, 5.74) is 5.30. The Balaban J connectivity index is 2.06. The molecule has 0 aromatic carbocycles. The summed E-state index contributed by atoms with van der Waals surface area (Å²) in [6.45, 7) is 2.22. The molecule has 0 spiro atoms. The van der Waals surface area contributed by atoms with E-state index in [9.17, 15) is 4.79 Å². The molecule has 0 aliphatic heterocycles. The summed E-state index contributed by atoms with van der Waals surface area (Å²) >= 11 is 0. The van der Waals surface area contributed by atoms with E-state index in [0.717, 1.165) is 11.8 Å². The maximum absolute atomic E-state index is 11.0. The van der Waals surface area contributed by atoms with E-state index in [0.29, 0.717) is 18.3 Å². The number of hydrogen-bond donors (Lipinski definition) is 1. The molecule has 2 aliphatic carbocycles. The molecule has 2 rings (SSSR count). The standard InChI is InChI=1S/C12H19NO/c1-2-3-10-8-4-5-9(6-8)11(10)7-12(13)14/h4-5,8-11H,2-3,6-7H2,1H3,(H2,13,14). The number of primary amides is 1. The van der Waals surface area contributed by atoms with Crippen LogP contribution in [0.4, 0.5) is 0 Å². The third-order valence-corrected chi connectivity index (χ3v) is 3.86. The van der Waals surface area contributed by atoms with Crippen molar-refractivity contribution < 1.29 is 4.79 Å². The van der Waals surface area contributed by atoms with Gasteiger partial charge in [-0.25, -0.2) is 0 Å². The number of nitrogens with two attached hydrogens (primary N) is 1. The molecule has 4 unspecified atom stereocenters. The smallest absolute Gasteiger partial charge is 0.217 e. The number of hydrogen-bond acceptors (Lipinski definition) is 1. The Morgan fingerprint density at radius 3 is 2.57 bits per heavy atom. The highest BCUT2D eigenvalue weighted by Gasteiger charge is 2.43. The molecule has 1 fully saturated rings. The van der Waals surface area contributed by atoms with Gasteiger partial charge in [0.1, 0.15) is 0 Å². The monoisotopic (exact) mass is 193 g/mol. The van der Waals surface area contributed by atoms with Crippen LogP contribution in [0, 0.1) is 23.7 Å². The van der Waals surface area contributed by atoms with Crippen LogP contribution < -0.4 is 5.73 Å². The van der Waals surface area contributed by atoms with Gasteiger partial charge in [0.2, 0.25) is 5.91 Å². The molecule has 2 N–H and O–H groups in total. The fourth-order valence-corrected chi connectivity index (χ4v) is 3.32. The van der Waals surface area contributed by atoms with Crippen molar-refractivity contribution in [1.82, 2.24) is 0 Å². The normalized spacial score (nSPS) is 39.2. The van der Waals surface area contributed by atoms with Crippen molar-refractivity contribution in [2.75, 3.05) is 0 Å². The van der Waals surface area contributed by atoms with Gasteiger partial charge in [-0.2, -0.15) is 0 Å². The Bertz CT molecular complexity index is 259. The van der Waals surface area contributed by atoms with Crippen molar-refractivity contribution >= 4 is 5.91 Å². The summed E-state index contributed by atoms with van der Waals surface area (Å²) in [7, 11) is 0. The van der Waals surface area contributed by atoms with E-state index in [1.54, 1.807) is 0 Å². The molecule has 0 aromatic rings. The maximum atomic E-state index is 11.0. The molecule has 0 radical (unpaired) electrons. The molecule has 14 heavy (non-hydrogen) atoms. The van der Waals surface area contributed by atoms with Gasteiger partial charge in [-0.05, 0) is 36.5 Å². The van der Waals surface area contributed by atoms with Crippen molar-refractivity contribution in [3.8, 4) is 0 Å². The molecule has 2 bridgehead atoms. The molecule has 2 heteroatoms. The van der Waals surface area contributed by atoms with E-state index in [2.05, 4.69) is 19.1 Å². The third kappa shape index (κ3) is 1.58. The Labute approximate surface area is 85.6 Å². The lowest BCUT2D eigenvalue weighted by atomic mass is 9.78. The summed E-state index contributed by atoms with van der Waals surface area (Å²) in [4.78, 5) is 11.0. The average Bonchev–Trinajstić information content (AvgIpc) is 2.68. The van der Waals surface area contributed by atoms with Crippen molar-refractivity contribution in [3.05, 3.63) is 12.2 Å². The first-order valence-corrected chi connectivity index (χ1v) is 5.69. The Morgan fingerprint density at radius 2 is 2.00 bits per heavy atom. The molecule has 2 nitrogen and oxygen atoms in total. The Morgan fingerprint density at radius 1 is 1.36 bits per heavy atom. The fourth-order valence-electron chi connectivity index (χ4n) is 3.32. The minimum absolute atomic E-state index is 0.128. The largest absolute Gasteiger partial charge is 0.370 e. The fraction of sp³-hybridized carbons (Fsp3) is 0.750. The SMILES string of the molecule is CCCC1C2C=CC(C2)C1CC(N)=O. The van der Waals surface area contributed by atoms with Crippen LogP contribution in [0.2, 0.25) is 0 Å². The number of carbonyl (C=O) groups excluding carboxylic acids is 1. The number of carbonyl (C=O) groups is 1. The third-order valence-electron chi connectivity index (χ3n) is 3.86. The maximum Gasteiger partial charge on any atom is 0.217 e. The van der Waals surface area contributed by atoms with Crippen molar-refractivity contribution in [2.24, 2.45) is 29.4 Å². The molecular weight excluding hydrogens is 174 g/mol. The topological polar surface area (TPSA) is 43.1 Å². The molecule has 1 saturated carbocycles. The minimum atomic E-state index is -0.128. The van der Waals surface area contributed by atoms with Crippen LogP contribution in [0.25, 0.3) is 0 Å². The molecule has 0 saturated heterocycles. The molecule has 2 aliphatic rings. The second-order valence-electron chi connectivity index (χ2n) is 4.74. The summed E-state index contributed by atoms with van der Waals surface area (Å²) in [5.74, 6) is 2.52. The van der Waals surface area contributed by atoms with Crippen LogP contribution in [0.5, 0.6) is 0 Å². The lowest BCUT2D eigenvalue weighted by Crippen LogP contribution is -2.25. The van der Waals surface area contributed by atoms with Crippen LogP contribution in [0.1, 0.15) is 32.6 Å². The average molecular weight is 193 g/mol. The van der Waals surface area contributed by atoms with E-state index in [1.807, 2.05) is 0 Å². The lowest BCUT2D eigenvalue weighted by Gasteiger charge is -2.26. The van der Waals surface area contributed by atoms with Gasteiger partial charge >= 0.3 is 0 Å². The zero-order valence-corrected chi connectivity index (χ0v) is 8.78. The summed E-state index contributed by atoms with van der Waals surface area (Å²) in [5, 5.41) is 0. The van der Waals surface area contributed by atoms with Gasteiger partial charge in [-0.1, -0.05) is 25.5 Å². The summed E-state index contributed by atoms with van der Waals surface area (Å²) < 4.78 is 0. The van der Waals surface area contributed by atoms with Crippen LogP contribution in [0.15, 0.2) is 12.2 Å². The van der Waals surface area contributed by atoms with Crippen molar-refractivity contribution in [2.45, 2.75) is 32.6 Å². The first-order chi connectivity index (χ1) is 6.72. The number of rotatable bonds is 4. The molecule has 0 aromatic heterocycles. The van der Waals surface area contributed by atoms with Crippen molar-refractivity contribution in [1.29, 1.82) is 0 Å². The van der Waals surface area contributed by atoms with Gasteiger partial charge in [-0.3, -0.25) is 4.79 Å². The zero-order valence-electron chi connectivity index (χ0n) is 8.78. The predicted molar refractivity (Wildman–Crippen MR) is 56.4 cm³/mol. The van der Waals surface area contributed by atoms with Gasteiger partial charge in [-0.15, -0.1) is 0 Å². The second kappa shape index (κ2) is 3.76. The first-order valence-electron chi connectivity index (χ1n) is 5.69. The van der Waals surface area contributed by atoms with Crippen LogP contribution in [-0.4, -0.2) is 5.91 Å². The zero-order chi connectivity index (χ0) is 10.1. The predicted octanol–water partition coefficient (Wildman–Crippen LogP) is 2.10. The molecule has 4 atom stereocenters. The summed E-state index contributed by atoms with van der Waals surface area (Å²) in [6, 6.07) is 0. The summed E-state index contributed by atoms with van der Waals surface area (Å²) in [6.07, 6.45) is 8.98. The number of fused-ring (bicyclic) bond motifs is 2. The number of amides is 1. The van der Waals surface area contributed by atoms with Crippen LogP contribution in [-0.2, 0) is 4.79 Å². The first kappa shape index (κ1) is 9.75. The number of allylic oxidation sites excluding steroid dienone is 2. The highest BCUT2D eigenvalue weighted by atomic mass is 16.1. The molecule has 0 heterocycles. The van der Waals surface area contributed by atoms with Crippen LogP contribution >= 0.6 is 0 Å². The quantitative estimate of drug-likeness (QED) is 0.683. The highest BCUT2D eigenvalue weighted by molar-refractivity contribution is 5.74. The molecule has 78 valence electrons. The highest BCUT2D eigenvalue weighted by Crippen LogP contribution is 2.50. The van der Waals surface area contributed by atoms with Gasteiger partial charge < -0.3 is 5.73 Å². The van der Waals surface area contributed by atoms with Gasteiger partial charge in [0.05, 0.1) is 0 Å². The van der Waals surface area contributed by atoms with Crippen molar-refractivity contribution in [3.63, 3.8) is 0 Å². The van der Waals surface area contributed by atoms with E-state index >= 15 is 0 Å². The molecular formula is C12H19NO. The van der Waals surface area contributed by atoms with E-state index in [4.69, 9.17) is 5.73 Å². The van der Waals surface area contributed by atoms with E-state index in [-0.39, 0.29) is 5.91 Å². The second-order valence-corrected chi connectivity index (χ2v) is 4.74. The van der Waals surface area contributed by atoms with E-state index < -0.39 is 0 Å². The van der Waals surface area contributed by atoms with Crippen LogP contribution in [0.3, 0.4) is 0 Å². The Hall–Kier alpha value is -0.790. The molecule has 1 amide bonds. The van der Waals surface area contributed by atoms with Gasteiger partial charge in [0, 0.05) is 6.42 Å². The lowest BCUT2D eigenvalue weighted by molar-refractivity contribution is -0.119. The van der Waals surface area contributed by atoms with Gasteiger partial charge in [0.15, 0.2) is 0 Å². The van der Waals surface area contributed by atoms with Gasteiger partial charge in [0.25, 0.3) is 0 Å². The van der Waals surface area contributed by atoms with E-state index in [1.165, 1.54) is 19.3 Å². The minimum Gasteiger partial charge on any atom is -0.370 e. The Kier molecular flexibility index (Phi) is 2.62.